The lowest BCUT2D eigenvalue weighted by Crippen LogP contribution is -2.06. The first kappa shape index (κ1) is 13.6. The van der Waals surface area contributed by atoms with Crippen molar-refractivity contribution in [3.8, 4) is 5.75 Å². The van der Waals surface area contributed by atoms with Crippen molar-refractivity contribution in [3.63, 3.8) is 0 Å². The zero-order valence-corrected chi connectivity index (χ0v) is 11.7. The Kier molecular flexibility index (Phi) is 4.42. The van der Waals surface area contributed by atoms with Crippen molar-refractivity contribution < 1.29 is 4.74 Å². The SMILES string of the molecule is [B]c1ccc(OC2=C(Cl)C=C(CC)CC2)cc1Cl. The summed E-state index contributed by atoms with van der Waals surface area (Å²) < 4.78 is 5.76. The Morgan fingerprint density at radius 2 is 2.06 bits per heavy atom. The summed E-state index contributed by atoms with van der Waals surface area (Å²) in [6, 6.07) is 5.22. The molecule has 0 spiro atoms. The van der Waals surface area contributed by atoms with Gasteiger partial charge in [0.05, 0.1) is 5.03 Å². The van der Waals surface area contributed by atoms with Gasteiger partial charge in [0, 0.05) is 11.4 Å². The van der Waals surface area contributed by atoms with E-state index in [4.69, 9.17) is 35.8 Å². The van der Waals surface area contributed by atoms with Crippen LogP contribution < -0.4 is 10.2 Å². The average molecular weight is 279 g/mol. The molecule has 1 aliphatic rings. The van der Waals surface area contributed by atoms with Gasteiger partial charge in [0.25, 0.3) is 0 Å². The smallest absolute Gasteiger partial charge is 0.128 e. The molecule has 0 N–H and O–H groups in total. The molecule has 0 unspecified atom stereocenters. The van der Waals surface area contributed by atoms with Crippen molar-refractivity contribution in [2.75, 3.05) is 0 Å². The summed E-state index contributed by atoms with van der Waals surface area (Å²) in [5.74, 6) is 1.45. The third-order valence-electron chi connectivity index (χ3n) is 2.94. The number of rotatable bonds is 3. The van der Waals surface area contributed by atoms with Crippen LogP contribution in [0.5, 0.6) is 5.75 Å². The number of hydrogen-bond acceptors (Lipinski definition) is 1. The summed E-state index contributed by atoms with van der Waals surface area (Å²) in [6.07, 6.45) is 4.82. The molecule has 0 aliphatic heterocycles. The van der Waals surface area contributed by atoms with Crippen LogP contribution in [0.2, 0.25) is 5.02 Å². The first-order valence-corrected chi connectivity index (χ1v) is 6.66. The molecule has 0 saturated carbocycles. The predicted molar refractivity (Wildman–Crippen MR) is 78.0 cm³/mol. The highest BCUT2D eigenvalue weighted by Gasteiger charge is 2.13. The van der Waals surface area contributed by atoms with Gasteiger partial charge in [-0.05, 0) is 31.1 Å². The molecule has 4 heteroatoms. The fourth-order valence-electron chi connectivity index (χ4n) is 1.82. The Balaban J connectivity index is 2.19. The molecule has 1 aromatic rings. The maximum absolute atomic E-state index is 6.20. The minimum atomic E-state index is 0.491. The Morgan fingerprint density at radius 1 is 1.28 bits per heavy atom. The Labute approximate surface area is 119 Å². The van der Waals surface area contributed by atoms with Crippen LogP contribution in [-0.4, -0.2) is 7.85 Å². The van der Waals surface area contributed by atoms with Crippen molar-refractivity contribution in [2.24, 2.45) is 0 Å². The normalized spacial score (nSPS) is 15.6. The van der Waals surface area contributed by atoms with Crippen molar-refractivity contribution in [1.82, 2.24) is 0 Å². The molecule has 0 fully saturated rings. The van der Waals surface area contributed by atoms with E-state index < -0.39 is 0 Å². The highest BCUT2D eigenvalue weighted by Crippen LogP contribution is 2.30. The van der Waals surface area contributed by atoms with Gasteiger partial charge in [0.15, 0.2) is 0 Å². The van der Waals surface area contributed by atoms with E-state index in [1.165, 1.54) is 5.57 Å². The zero-order chi connectivity index (χ0) is 13.1. The number of hydrogen-bond donors (Lipinski definition) is 0. The van der Waals surface area contributed by atoms with Gasteiger partial charge in [-0.3, -0.25) is 0 Å². The molecule has 0 bridgehead atoms. The summed E-state index contributed by atoms with van der Waals surface area (Å²) in [5.41, 5.74) is 1.89. The summed E-state index contributed by atoms with van der Waals surface area (Å²) >= 11 is 12.1. The van der Waals surface area contributed by atoms with Gasteiger partial charge in [0.2, 0.25) is 0 Å². The molecular weight excluding hydrogens is 266 g/mol. The lowest BCUT2D eigenvalue weighted by atomic mass is 9.96. The van der Waals surface area contributed by atoms with E-state index in [0.717, 1.165) is 25.0 Å². The van der Waals surface area contributed by atoms with E-state index in [2.05, 4.69) is 6.92 Å². The number of halogens is 2. The van der Waals surface area contributed by atoms with Crippen LogP contribution >= 0.6 is 23.2 Å². The van der Waals surface area contributed by atoms with Crippen molar-refractivity contribution in [2.45, 2.75) is 26.2 Å². The topological polar surface area (TPSA) is 9.23 Å². The minimum absolute atomic E-state index is 0.491. The second kappa shape index (κ2) is 5.86. The van der Waals surface area contributed by atoms with Crippen LogP contribution in [0.1, 0.15) is 26.2 Å². The van der Waals surface area contributed by atoms with Crippen LogP contribution in [0, 0.1) is 0 Å². The number of ether oxygens (including phenoxy) is 1. The van der Waals surface area contributed by atoms with Gasteiger partial charge in [-0.2, -0.15) is 0 Å². The maximum atomic E-state index is 6.20. The molecule has 92 valence electrons. The van der Waals surface area contributed by atoms with Crippen LogP contribution in [0.3, 0.4) is 0 Å². The fourth-order valence-corrected chi connectivity index (χ4v) is 2.28. The largest absolute Gasteiger partial charge is 0.460 e. The van der Waals surface area contributed by atoms with Crippen LogP contribution in [-0.2, 0) is 0 Å². The average Bonchev–Trinajstić information content (AvgIpc) is 2.36. The van der Waals surface area contributed by atoms with E-state index >= 15 is 0 Å². The first-order chi connectivity index (χ1) is 8.60. The second-order valence-electron chi connectivity index (χ2n) is 4.21. The lowest BCUT2D eigenvalue weighted by molar-refractivity contribution is 0.398. The summed E-state index contributed by atoms with van der Waals surface area (Å²) in [5, 5.41) is 1.16. The molecule has 0 atom stereocenters. The highest BCUT2D eigenvalue weighted by atomic mass is 35.5. The molecule has 1 aliphatic carbocycles. The van der Waals surface area contributed by atoms with Crippen LogP contribution in [0.15, 0.2) is 40.6 Å². The molecule has 0 aromatic heterocycles. The van der Waals surface area contributed by atoms with Crippen LogP contribution in [0.4, 0.5) is 0 Å². The fraction of sp³-hybridized carbons (Fsp3) is 0.286. The van der Waals surface area contributed by atoms with Gasteiger partial charge < -0.3 is 4.74 Å². The first-order valence-electron chi connectivity index (χ1n) is 5.91. The summed E-state index contributed by atoms with van der Waals surface area (Å²) in [4.78, 5) is 0. The third kappa shape index (κ3) is 3.12. The highest BCUT2D eigenvalue weighted by molar-refractivity contribution is 6.45. The molecule has 2 rings (SSSR count). The summed E-state index contributed by atoms with van der Waals surface area (Å²) in [7, 11) is 5.65. The minimum Gasteiger partial charge on any atom is -0.460 e. The molecule has 1 aromatic carbocycles. The molecule has 0 saturated heterocycles. The van der Waals surface area contributed by atoms with E-state index in [0.29, 0.717) is 21.3 Å². The van der Waals surface area contributed by atoms with E-state index in [1.54, 1.807) is 18.2 Å². The molecular formula is C14H13BCl2O. The molecule has 0 heterocycles. The van der Waals surface area contributed by atoms with Gasteiger partial charge in [-0.1, -0.05) is 47.2 Å². The second-order valence-corrected chi connectivity index (χ2v) is 5.03. The number of benzene rings is 1. The molecule has 0 amide bonds. The lowest BCUT2D eigenvalue weighted by Gasteiger charge is -2.17. The van der Waals surface area contributed by atoms with E-state index in [9.17, 15) is 0 Å². The quantitative estimate of drug-likeness (QED) is 0.757. The molecule has 18 heavy (non-hydrogen) atoms. The molecule has 1 nitrogen and oxygen atoms in total. The van der Waals surface area contributed by atoms with Crippen molar-refractivity contribution in [1.29, 1.82) is 0 Å². The standard InChI is InChI=1S/C14H13BCl2O/c1-2-9-3-6-14(13(17)7-9)18-10-4-5-11(15)12(16)8-10/h4-5,7-8H,2-3,6H2,1H3. The van der Waals surface area contributed by atoms with Gasteiger partial charge in [-0.15, -0.1) is 0 Å². The maximum Gasteiger partial charge on any atom is 0.128 e. The Morgan fingerprint density at radius 3 is 2.67 bits per heavy atom. The van der Waals surface area contributed by atoms with Gasteiger partial charge >= 0.3 is 0 Å². The van der Waals surface area contributed by atoms with E-state index in [1.807, 2.05) is 6.08 Å². The Hall–Kier alpha value is -0.855. The Bertz CT molecular complexity index is 521. The number of allylic oxidation sites excluding steroid dienone is 4. The molecule has 2 radical (unpaired) electrons. The monoisotopic (exact) mass is 278 g/mol. The van der Waals surface area contributed by atoms with Crippen LogP contribution in [0.25, 0.3) is 0 Å². The van der Waals surface area contributed by atoms with Gasteiger partial charge in [0.1, 0.15) is 19.4 Å². The zero-order valence-electron chi connectivity index (χ0n) is 10.2. The van der Waals surface area contributed by atoms with Crippen molar-refractivity contribution in [3.05, 3.63) is 45.7 Å². The summed E-state index contributed by atoms with van der Waals surface area (Å²) in [6.45, 7) is 2.13. The van der Waals surface area contributed by atoms with E-state index in [-0.39, 0.29) is 0 Å². The van der Waals surface area contributed by atoms with Gasteiger partial charge in [-0.25, -0.2) is 0 Å². The van der Waals surface area contributed by atoms with Crippen molar-refractivity contribution >= 4 is 36.5 Å². The predicted octanol–water partition coefficient (Wildman–Crippen LogP) is 4.09. The third-order valence-corrected chi connectivity index (χ3v) is 3.58.